The monoisotopic (exact) mass is 276 g/mol. The zero-order valence-electron chi connectivity index (χ0n) is 10.6. The number of hydrogen-bond acceptors (Lipinski definition) is 3. The Morgan fingerprint density at radius 1 is 1.05 bits per heavy atom. The third kappa shape index (κ3) is 4.35. The van der Waals surface area contributed by atoms with Gasteiger partial charge < -0.3 is 0 Å². The van der Waals surface area contributed by atoms with Gasteiger partial charge in [-0.05, 0) is 24.1 Å². The summed E-state index contributed by atoms with van der Waals surface area (Å²) < 4.78 is 13.5. The predicted molar refractivity (Wildman–Crippen MR) is 78.4 cm³/mol. The molecular weight excluding hydrogens is 259 g/mol. The number of nitrogens with one attached hydrogen (secondary N) is 1. The van der Waals surface area contributed by atoms with Gasteiger partial charge in [0.2, 0.25) is 0 Å². The van der Waals surface area contributed by atoms with Crippen LogP contribution in [0.1, 0.15) is 5.56 Å². The van der Waals surface area contributed by atoms with Gasteiger partial charge in [0.05, 0.1) is 0 Å². The van der Waals surface area contributed by atoms with Crippen LogP contribution in [0.2, 0.25) is 0 Å². The Balaban J connectivity index is 1.91. The molecule has 0 aliphatic rings. The average molecular weight is 276 g/mol. The smallest absolute Gasteiger partial charge is 0.136 e. The van der Waals surface area contributed by atoms with Crippen LogP contribution in [0.4, 0.5) is 4.39 Å². The van der Waals surface area contributed by atoms with E-state index in [0.29, 0.717) is 4.90 Å². The number of hydrazine groups is 1. The van der Waals surface area contributed by atoms with Gasteiger partial charge in [0.1, 0.15) is 5.82 Å². The Kier molecular flexibility index (Phi) is 5.39. The molecule has 0 fully saturated rings. The van der Waals surface area contributed by atoms with E-state index in [0.717, 1.165) is 12.2 Å². The molecule has 0 aromatic heterocycles. The van der Waals surface area contributed by atoms with Gasteiger partial charge in [-0.15, -0.1) is 11.8 Å². The molecule has 0 spiro atoms. The molecule has 0 radical (unpaired) electrons. The van der Waals surface area contributed by atoms with E-state index in [-0.39, 0.29) is 11.9 Å². The van der Waals surface area contributed by atoms with Crippen LogP contribution in [0.25, 0.3) is 0 Å². The van der Waals surface area contributed by atoms with Gasteiger partial charge in [-0.25, -0.2) is 4.39 Å². The highest BCUT2D eigenvalue weighted by Crippen LogP contribution is 2.22. The van der Waals surface area contributed by atoms with Crippen LogP contribution in [0.5, 0.6) is 0 Å². The third-order valence-electron chi connectivity index (χ3n) is 2.84. The second-order valence-corrected chi connectivity index (χ2v) is 5.36. The SMILES string of the molecule is NNC(CSc1ccccc1F)Cc1ccccc1. The quantitative estimate of drug-likeness (QED) is 0.484. The van der Waals surface area contributed by atoms with E-state index in [1.807, 2.05) is 24.3 Å². The first-order valence-corrected chi connectivity index (χ1v) is 7.15. The second kappa shape index (κ2) is 7.28. The molecule has 2 rings (SSSR count). The molecule has 2 nitrogen and oxygen atoms in total. The Labute approximate surface area is 117 Å². The molecule has 0 saturated heterocycles. The van der Waals surface area contributed by atoms with Crippen molar-refractivity contribution >= 4 is 11.8 Å². The maximum atomic E-state index is 13.5. The number of nitrogens with two attached hydrogens (primary N) is 1. The predicted octanol–water partition coefficient (Wildman–Crippen LogP) is 2.99. The maximum absolute atomic E-state index is 13.5. The summed E-state index contributed by atoms with van der Waals surface area (Å²) in [6.07, 6.45) is 0.832. The van der Waals surface area contributed by atoms with E-state index in [4.69, 9.17) is 5.84 Å². The average Bonchev–Trinajstić information content (AvgIpc) is 2.46. The minimum atomic E-state index is -0.178. The summed E-state index contributed by atoms with van der Waals surface area (Å²) in [5, 5.41) is 0. The molecule has 1 atom stereocenters. The molecule has 0 amide bonds. The Morgan fingerprint density at radius 3 is 2.42 bits per heavy atom. The van der Waals surface area contributed by atoms with Gasteiger partial charge >= 0.3 is 0 Å². The molecule has 2 aromatic rings. The van der Waals surface area contributed by atoms with Crippen molar-refractivity contribution in [2.24, 2.45) is 5.84 Å². The van der Waals surface area contributed by atoms with Crippen molar-refractivity contribution in [1.29, 1.82) is 0 Å². The van der Waals surface area contributed by atoms with Gasteiger partial charge in [0.25, 0.3) is 0 Å². The number of thioether (sulfide) groups is 1. The highest BCUT2D eigenvalue weighted by atomic mass is 32.2. The molecule has 19 heavy (non-hydrogen) atoms. The van der Waals surface area contributed by atoms with Crippen LogP contribution in [-0.2, 0) is 6.42 Å². The molecule has 0 bridgehead atoms. The van der Waals surface area contributed by atoms with Gasteiger partial charge in [0.15, 0.2) is 0 Å². The molecule has 0 heterocycles. The van der Waals surface area contributed by atoms with Gasteiger partial charge in [-0.3, -0.25) is 11.3 Å². The van der Waals surface area contributed by atoms with E-state index in [9.17, 15) is 4.39 Å². The van der Waals surface area contributed by atoms with E-state index in [2.05, 4.69) is 17.6 Å². The molecule has 0 aliphatic carbocycles. The molecule has 0 aliphatic heterocycles. The van der Waals surface area contributed by atoms with Crippen LogP contribution in [-0.4, -0.2) is 11.8 Å². The summed E-state index contributed by atoms with van der Waals surface area (Å²) in [5.74, 6) is 6.12. The topological polar surface area (TPSA) is 38.0 Å². The normalized spacial score (nSPS) is 12.3. The van der Waals surface area contributed by atoms with Gasteiger partial charge in [-0.1, -0.05) is 42.5 Å². The molecule has 4 heteroatoms. The van der Waals surface area contributed by atoms with Crippen molar-refractivity contribution in [2.75, 3.05) is 5.75 Å². The molecule has 2 aromatic carbocycles. The van der Waals surface area contributed by atoms with E-state index in [1.165, 1.54) is 23.4 Å². The van der Waals surface area contributed by atoms with Crippen molar-refractivity contribution in [3.63, 3.8) is 0 Å². The lowest BCUT2D eigenvalue weighted by Gasteiger charge is -2.15. The van der Waals surface area contributed by atoms with Crippen molar-refractivity contribution in [1.82, 2.24) is 5.43 Å². The minimum Gasteiger partial charge on any atom is -0.271 e. The first kappa shape index (κ1) is 14.1. The van der Waals surface area contributed by atoms with Crippen LogP contribution in [0, 0.1) is 5.82 Å². The summed E-state index contributed by atoms with van der Waals surface area (Å²) in [5.41, 5.74) is 4.02. The highest BCUT2D eigenvalue weighted by Gasteiger charge is 2.10. The maximum Gasteiger partial charge on any atom is 0.136 e. The molecule has 1 unspecified atom stereocenters. The Hall–Kier alpha value is -1.36. The number of rotatable bonds is 6. The fourth-order valence-corrected chi connectivity index (χ4v) is 2.79. The highest BCUT2D eigenvalue weighted by molar-refractivity contribution is 7.99. The molecule has 100 valence electrons. The van der Waals surface area contributed by atoms with E-state index >= 15 is 0 Å². The van der Waals surface area contributed by atoms with Crippen LogP contribution < -0.4 is 11.3 Å². The summed E-state index contributed by atoms with van der Waals surface area (Å²) in [6.45, 7) is 0. The van der Waals surface area contributed by atoms with E-state index in [1.54, 1.807) is 12.1 Å². The summed E-state index contributed by atoms with van der Waals surface area (Å²) in [4.78, 5) is 0.663. The fourth-order valence-electron chi connectivity index (χ4n) is 1.82. The van der Waals surface area contributed by atoms with Crippen molar-refractivity contribution in [3.05, 3.63) is 66.0 Å². The van der Waals surface area contributed by atoms with Crippen LogP contribution in [0.15, 0.2) is 59.5 Å². The number of halogens is 1. The molecule has 0 saturated carbocycles. The number of hydrogen-bond donors (Lipinski definition) is 2. The third-order valence-corrected chi connectivity index (χ3v) is 4.05. The lowest BCUT2D eigenvalue weighted by atomic mass is 10.1. The van der Waals surface area contributed by atoms with Crippen LogP contribution in [0.3, 0.4) is 0 Å². The van der Waals surface area contributed by atoms with Crippen molar-refractivity contribution in [2.45, 2.75) is 17.4 Å². The number of benzene rings is 2. The lowest BCUT2D eigenvalue weighted by Crippen LogP contribution is -2.38. The van der Waals surface area contributed by atoms with E-state index < -0.39 is 0 Å². The van der Waals surface area contributed by atoms with Crippen molar-refractivity contribution < 1.29 is 4.39 Å². The second-order valence-electron chi connectivity index (χ2n) is 4.29. The van der Waals surface area contributed by atoms with Crippen molar-refractivity contribution in [3.8, 4) is 0 Å². The summed E-state index contributed by atoms with van der Waals surface area (Å²) in [6, 6.07) is 17.1. The van der Waals surface area contributed by atoms with Gasteiger partial charge in [-0.2, -0.15) is 0 Å². The Morgan fingerprint density at radius 2 is 1.74 bits per heavy atom. The minimum absolute atomic E-state index is 0.118. The van der Waals surface area contributed by atoms with Gasteiger partial charge in [0, 0.05) is 16.7 Å². The Bertz CT molecular complexity index is 505. The van der Waals surface area contributed by atoms with Crippen LogP contribution >= 0.6 is 11.8 Å². The fraction of sp³-hybridized carbons (Fsp3) is 0.200. The summed E-state index contributed by atoms with van der Waals surface area (Å²) >= 11 is 1.48. The lowest BCUT2D eigenvalue weighted by molar-refractivity contribution is 0.573. The molecule has 3 N–H and O–H groups in total. The zero-order chi connectivity index (χ0) is 13.5. The first-order valence-electron chi connectivity index (χ1n) is 6.17. The standard InChI is InChI=1S/C15H17FN2S/c16-14-8-4-5-9-15(14)19-11-13(18-17)10-12-6-2-1-3-7-12/h1-9,13,18H,10-11,17H2. The first-order chi connectivity index (χ1) is 9.29. The summed E-state index contributed by atoms with van der Waals surface area (Å²) in [7, 11) is 0. The largest absolute Gasteiger partial charge is 0.271 e. The molecular formula is C15H17FN2S. The zero-order valence-corrected chi connectivity index (χ0v) is 11.4.